The second-order valence-electron chi connectivity index (χ2n) is 1.80. The quantitative estimate of drug-likeness (QED) is 0.486. The third-order valence-electron chi connectivity index (χ3n) is 0.354. The van der Waals surface area contributed by atoms with E-state index in [1.54, 1.807) is 12.7 Å². The molecule has 0 rings (SSSR count). The van der Waals surface area contributed by atoms with Gasteiger partial charge >= 0.3 is 52.8 Å². The third-order valence-corrected chi connectivity index (χ3v) is 13.1. The molecule has 0 fully saturated rings. The molecule has 0 aliphatic heterocycles. The Bertz CT molecular complexity index is 102. The van der Waals surface area contributed by atoms with E-state index < -0.39 is 0 Å². The molecule has 0 saturated heterocycles. The van der Waals surface area contributed by atoms with Gasteiger partial charge in [-0.1, -0.05) is 0 Å². The van der Waals surface area contributed by atoms with Crippen molar-refractivity contribution < 1.29 is 12.7 Å². The van der Waals surface area contributed by atoms with E-state index in [-0.39, 0.29) is 13.9 Å². The van der Waals surface area contributed by atoms with Crippen LogP contribution in [0.2, 0.25) is 26.2 Å². The Morgan fingerprint density at radius 3 is 1.14 bits per heavy atom. The summed E-state index contributed by atoms with van der Waals surface area (Å²) in [4.78, 5) is 0. The first-order valence-corrected chi connectivity index (χ1v) is 10.4. The molecule has 0 nitrogen and oxygen atoms in total. The van der Waals surface area contributed by atoms with Crippen molar-refractivity contribution in [2.24, 2.45) is 0 Å². The normalized spacial score (nSPS) is 8.57. The second-order valence-corrected chi connectivity index (χ2v) is 15.0. The molecule has 0 radical (unpaired) electrons. The van der Waals surface area contributed by atoms with E-state index in [1.165, 1.54) is 0 Å². The van der Waals surface area contributed by atoms with Crippen molar-refractivity contribution in [1.82, 2.24) is 0 Å². The van der Waals surface area contributed by atoms with E-state index in [4.69, 9.17) is 0 Å². The summed E-state index contributed by atoms with van der Waals surface area (Å²) in [5.74, 6) is 0. The Balaban J connectivity index is 4.13. The van der Waals surface area contributed by atoms with Crippen molar-refractivity contribution >= 4 is 13.9 Å². The predicted molar refractivity (Wildman–Crippen MR) is 35.0 cm³/mol. The summed E-state index contributed by atoms with van der Waals surface area (Å²) in [6.45, 7) is 9.79. The molecule has 0 amide bonds. The Morgan fingerprint density at radius 2 is 1.14 bits per heavy atom. The van der Waals surface area contributed by atoms with Crippen LogP contribution in [0, 0.1) is 0 Å². The molecule has 44 valence electrons. The Kier molecular flexibility index (Phi) is 4.43. The van der Waals surface area contributed by atoms with Crippen LogP contribution in [0.3, 0.4) is 0 Å². The van der Waals surface area contributed by atoms with Crippen LogP contribution < -0.4 is 0 Å². The second kappa shape index (κ2) is 3.90. The molecule has 0 aromatic carbocycles. The fraction of sp³-hybridized carbons (Fsp3) is 1.00. The molecule has 0 aliphatic rings. The third kappa shape index (κ3) is 6.95. The van der Waals surface area contributed by atoms with Gasteiger partial charge in [0.1, 0.15) is 0 Å². The fourth-order valence-corrected chi connectivity index (χ4v) is 13.1. The van der Waals surface area contributed by atoms with Gasteiger partial charge in [-0.3, -0.25) is 0 Å². The van der Waals surface area contributed by atoms with Crippen molar-refractivity contribution in [3.05, 3.63) is 0 Å². The number of hydrogen-bond donors (Lipinski definition) is 0. The molecular formula is C4H12FeSi2. The maximum absolute atomic E-state index is 2.39. The summed E-state index contributed by atoms with van der Waals surface area (Å²) in [5, 5.41) is 0. The van der Waals surface area contributed by atoms with Crippen molar-refractivity contribution in [2.75, 3.05) is 0 Å². The van der Waals surface area contributed by atoms with Crippen molar-refractivity contribution in [1.29, 1.82) is 0 Å². The molecule has 0 bridgehead atoms. The van der Waals surface area contributed by atoms with Crippen LogP contribution in [0.1, 0.15) is 0 Å². The van der Waals surface area contributed by atoms with Gasteiger partial charge in [-0.05, 0) is 0 Å². The minimum absolute atomic E-state index is 0.111. The zero-order valence-corrected chi connectivity index (χ0v) is 8.46. The van der Waals surface area contributed by atoms with Gasteiger partial charge < -0.3 is 0 Å². The molecule has 0 aromatic rings. The van der Waals surface area contributed by atoms with Gasteiger partial charge in [-0.2, -0.15) is 0 Å². The Hall–Kier alpha value is 0.953. The molecule has 0 saturated carbocycles. The van der Waals surface area contributed by atoms with E-state index in [1.807, 2.05) is 0 Å². The van der Waals surface area contributed by atoms with Crippen molar-refractivity contribution in [2.45, 2.75) is 26.2 Å². The number of hydrogen-bond acceptors (Lipinski definition) is 0. The zero-order valence-electron chi connectivity index (χ0n) is 5.35. The summed E-state index contributed by atoms with van der Waals surface area (Å²) < 4.78 is 0. The molecule has 0 N–H and O–H groups in total. The van der Waals surface area contributed by atoms with Crippen LogP contribution in [0.5, 0.6) is 0 Å². The monoisotopic (exact) mass is 172 g/mol. The summed E-state index contributed by atoms with van der Waals surface area (Å²) in [6.07, 6.45) is 0. The summed E-state index contributed by atoms with van der Waals surface area (Å²) in [7, 11) is 0. The average molecular weight is 172 g/mol. The first kappa shape index (κ1) is 7.95. The van der Waals surface area contributed by atoms with Gasteiger partial charge in [-0.15, -0.1) is 0 Å². The van der Waals surface area contributed by atoms with E-state index >= 15 is 0 Å². The maximum atomic E-state index is 2.39. The molecule has 0 aromatic heterocycles. The van der Waals surface area contributed by atoms with Crippen LogP contribution >= 0.6 is 0 Å². The molecule has 3 heteroatoms. The first-order chi connectivity index (χ1) is 3.13. The minimum atomic E-state index is 0.111. The molecule has 7 heavy (non-hydrogen) atoms. The molecule has 0 aliphatic carbocycles. The molecule has 0 spiro atoms. The SMILES string of the molecule is C[Si](C)=[Fe]=[Si](C)C. The van der Waals surface area contributed by atoms with Gasteiger partial charge in [0.15, 0.2) is 0 Å². The van der Waals surface area contributed by atoms with Crippen LogP contribution in [-0.2, 0) is 12.7 Å². The average Bonchev–Trinajstić information content (AvgIpc) is 1.27. The number of rotatable bonds is 0. The standard InChI is InChI=1S/2C2H6Si.Fe/c2*1-3-2;/h2*1-2H3;. The van der Waals surface area contributed by atoms with Gasteiger partial charge in [0, 0.05) is 0 Å². The van der Waals surface area contributed by atoms with Crippen molar-refractivity contribution in [3.8, 4) is 0 Å². The fourth-order valence-electron chi connectivity index (χ4n) is 0.354. The summed E-state index contributed by atoms with van der Waals surface area (Å²) >= 11 is 1.56. The molecule has 0 atom stereocenters. The predicted octanol–water partition coefficient (Wildman–Crippen LogP) is 1.57. The molecule has 0 heterocycles. The van der Waals surface area contributed by atoms with E-state index in [0.717, 1.165) is 0 Å². The van der Waals surface area contributed by atoms with Gasteiger partial charge in [0.25, 0.3) is 0 Å². The van der Waals surface area contributed by atoms with Crippen LogP contribution in [-0.4, -0.2) is 13.9 Å². The molecule has 0 unspecified atom stereocenters. The molecular weight excluding hydrogens is 160 g/mol. The van der Waals surface area contributed by atoms with E-state index in [2.05, 4.69) is 26.2 Å². The topological polar surface area (TPSA) is 0 Å². The van der Waals surface area contributed by atoms with Crippen LogP contribution in [0.25, 0.3) is 0 Å². The zero-order chi connectivity index (χ0) is 5.86. The van der Waals surface area contributed by atoms with Gasteiger partial charge in [0.2, 0.25) is 0 Å². The summed E-state index contributed by atoms with van der Waals surface area (Å²) in [6, 6.07) is 0. The Morgan fingerprint density at radius 1 is 0.857 bits per heavy atom. The van der Waals surface area contributed by atoms with Crippen molar-refractivity contribution in [3.63, 3.8) is 0 Å². The van der Waals surface area contributed by atoms with Gasteiger partial charge in [0.05, 0.1) is 0 Å². The van der Waals surface area contributed by atoms with E-state index in [0.29, 0.717) is 0 Å². The van der Waals surface area contributed by atoms with Gasteiger partial charge in [-0.25, -0.2) is 0 Å². The van der Waals surface area contributed by atoms with Crippen LogP contribution in [0.4, 0.5) is 0 Å². The Labute approximate surface area is 53.1 Å². The van der Waals surface area contributed by atoms with E-state index in [9.17, 15) is 0 Å². The van der Waals surface area contributed by atoms with Crippen LogP contribution in [0.15, 0.2) is 0 Å². The first-order valence-electron chi connectivity index (χ1n) is 2.35. The summed E-state index contributed by atoms with van der Waals surface area (Å²) in [5.41, 5.74) is 0.